The summed E-state index contributed by atoms with van der Waals surface area (Å²) in [7, 11) is 1.68. The van der Waals surface area contributed by atoms with Crippen LogP contribution in [0.15, 0.2) is 4.99 Å². The van der Waals surface area contributed by atoms with E-state index in [0.717, 1.165) is 12.8 Å². The highest BCUT2D eigenvalue weighted by molar-refractivity contribution is 8.00. The van der Waals surface area contributed by atoms with Gasteiger partial charge in [0.2, 0.25) is 0 Å². The quantitative estimate of drug-likeness (QED) is 0.696. The number of hydrogen-bond acceptors (Lipinski definition) is 3. The minimum absolute atomic E-state index is 0.0691. The van der Waals surface area contributed by atoms with E-state index in [0.29, 0.717) is 5.96 Å². The number of guanidine groups is 1. The van der Waals surface area contributed by atoms with Crippen molar-refractivity contribution in [3.8, 4) is 0 Å². The summed E-state index contributed by atoms with van der Waals surface area (Å²) in [6.07, 6.45) is 5.55. The topological polar surface area (TPSA) is 53.5 Å². The maximum absolute atomic E-state index is 11.7. The van der Waals surface area contributed by atoms with Crippen LogP contribution in [0.5, 0.6) is 0 Å². The van der Waals surface area contributed by atoms with Crippen molar-refractivity contribution in [1.29, 1.82) is 0 Å². The summed E-state index contributed by atoms with van der Waals surface area (Å²) in [4.78, 5) is 15.6. The van der Waals surface area contributed by atoms with Gasteiger partial charge < -0.3 is 5.32 Å². The minimum atomic E-state index is -0.0926. The first-order chi connectivity index (χ1) is 6.72. The lowest BCUT2D eigenvalue weighted by Crippen LogP contribution is -2.53. The van der Waals surface area contributed by atoms with E-state index in [1.54, 1.807) is 18.8 Å². The highest BCUT2D eigenvalue weighted by atomic mass is 32.2. The van der Waals surface area contributed by atoms with Gasteiger partial charge in [0, 0.05) is 11.8 Å². The molecule has 0 spiro atoms. The first kappa shape index (κ1) is 9.83. The number of amides is 1. The summed E-state index contributed by atoms with van der Waals surface area (Å²) in [6.45, 7) is 0. The van der Waals surface area contributed by atoms with E-state index in [-0.39, 0.29) is 16.7 Å². The average Bonchev–Trinajstić information content (AvgIpc) is 2.48. The molecule has 1 saturated carbocycles. The molecule has 14 heavy (non-hydrogen) atoms. The van der Waals surface area contributed by atoms with Gasteiger partial charge in [-0.3, -0.25) is 15.1 Å². The van der Waals surface area contributed by atoms with Crippen molar-refractivity contribution in [3.05, 3.63) is 0 Å². The van der Waals surface area contributed by atoms with Gasteiger partial charge in [0.1, 0.15) is 6.04 Å². The Morgan fingerprint density at radius 3 is 2.64 bits per heavy atom. The molecule has 1 aliphatic carbocycles. The number of nitrogens with zero attached hydrogens (tertiary/aromatic N) is 1. The van der Waals surface area contributed by atoms with E-state index in [1.807, 2.05) is 0 Å². The number of nitrogens with one attached hydrogen (secondary N) is 2. The number of rotatable bonds is 2. The van der Waals surface area contributed by atoms with Crippen LogP contribution in [-0.4, -0.2) is 36.0 Å². The zero-order valence-corrected chi connectivity index (χ0v) is 9.28. The normalized spacial score (nSPS) is 32.3. The Balaban J connectivity index is 2.15. The Labute approximate surface area is 87.9 Å². The number of carbonyl (C=O) groups excluding carboxylic acids is 1. The maximum atomic E-state index is 11.7. The molecule has 1 saturated heterocycles. The minimum Gasteiger partial charge on any atom is -0.343 e. The van der Waals surface area contributed by atoms with Crippen molar-refractivity contribution in [3.63, 3.8) is 0 Å². The molecule has 78 valence electrons. The van der Waals surface area contributed by atoms with Gasteiger partial charge in [-0.15, -0.1) is 0 Å². The van der Waals surface area contributed by atoms with Crippen LogP contribution in [0.1, 0.15) is 19.3 Å². The van der Waals surface area contributed by atoms with Crippen LogP contribution in [0, 0.1) is 0 Å². The first-order valence-electron chi connectivity index (χ1n) is 4.81. The predicted molar refractivity (Wildman–Crippen MR) is 58.5 cm³/mol. The van der Waals surface area contributed by atoms with Gasteiger partial charge >= 0.3 is 0 Å². The monoisotopic (exact) mass is 213 g/mol. The molecule has 1 aliphatic heterocycles. The van der Waals surface area contributed by atoms with Gasteiger partial charge in [-0.1, -0.05) is 6.42 Å². The fraction of sp³-hybridized carbons (Fsp3) is 0.778. The molecule has 2 rings (SSSR count). The zero-order valence-electron chi connectivity index (χ0n) is 8.46. The van der Waals surface area contributed by atoms with Crippen LogP contribution in [0.2, 0.25) is 0 Å². The molecule has 0 radical (unpaired) electrons. The van der Waals surface area contributed by atoms with E-state index >= 15 is 0 Å². The van der Waals surface area contributed by atoms with Gasteiger partial charge in [-0.2, -0.15) is 11.8 Å². The van der Waals surface area contributed by atoms with Crippen LogP contribution in [0.4, 0.5) is 0 Å². The smallest absolute Gasteiger partial charge is 0.250 e. The van der Waals surface area contributed by atoms with E-state index in [9.17, 15) is 4.79 Å². The maximum Gasteiger partial charge on any atom is 0.250 e. The second kappa shape index (κ2) is 3.46. The van der Waals surface area contributed by atoms with E-state index in [2.05, 4.69) is 21.9 Å². The number of thioether (sulfide) groups is 1. The van der Waals surface area contributed by atoms with Crippen molar-refractivity contribution in [2.45, 2.75) is 30.1 Å². The number of carbonyl (C=O) groups is 1. The molecule has 2 fully saturated rings. The van der Waals surface area contributed by atoms with Crippen LogP contribution in [0.3, 0.4) is 0 Å². The predicted octanol–water partition coefficient (Wildman–Crippen LogP) is 0.346. The molecular weight excluding hydrogens is 198 g/mol. The van der Waals surface area contributed by atoms with Gasteiger partial charge in [-0.25, -0.2) is 0 Å². The Morgan fingerprint density at radius 2 is 2.29 bits per heavy atom. The van der Waals surface area contributed by atoms with E-state index in [1.165, 1.54) is 6.42 Å². The summed E-state index contributed by atoms with van der Waals surface area (Å²) in [5.41, 5.74) is 0. The molecule has 0 bridgehead atoms. The Morgan fingerprint density at radius 1 is 1.57 bits per heavy atom. The zero-order chi connectivity index (χ0) is 10.2. The van der Waals surface area contributed by atoms with Crippen molar-refractivity contribution in [2.75, 3.05) is 13.3 Å². The summed E-state index contributed by atoms with van der Waals surface area (Å²) < 4.78 is 0.108. The molecule has 0 aromatic carbocycles. The Kier molecular flexibility index (Phi) is 2.43. The molecule has 2 N–H and O–H groups in total. The van der Waals surface area contributed by atoms with Crippen LogP contribution in [0.25, 0.3) is 0 Å². The number of hydrogen-bond donors (Lipinski definition) is 2. The molecule has 4 nitrogen and oxygen atoms in total. The highest BCUT2D eigenvalue weighted by Gasteiger charge is 2.50. The summed E-state index contributed by atoms with van der Waals surface area (Å²) >= 11 is 1.79. The lowest BCUT2D eigenvalue weighted by Gasteiger charge is -2.43. The largest absolute Gasteiger partial charge is 0.343 e. The molecule has 1 heterocycles. The Hall–Kier alpha value is -0.710. The lowest BCUT2D eigenvalue weighted by molar-refractivity contribution is -0.121. The van der Waals surface area contributed by atoms with Gasteiger partial charge in [-0.05, 0) is 19.1 Å². The standard InChI is InChI=1S/C9H15N3OS/c1-10-8-11-6(7(13)12-8)9(14-2)4-3-5-9/h6H,3-5H2,1-2H3,(H2,10,11,12,13). The van der Waals surface area contributed by atoms with Crippen LogP contribution < -0.4 is 10.6 Å². The van der Waals surface area contributed by atoms with Gasteiger partial charge in [0.25, 0.3) is 5.91 Å². The molecule has 2 aliphatic rings. The fourth-order valence-corrected chi connectivity index (χ4v) is 3.15. The van der Waals surface area contributed by atoms with Crippen molar-refractivity contribution in [1.82, 2.24) is 10.6 Å². The first-order valence-corrected chi connectivity index (χ1v) is 6.04. The molecule has 1 atom stereocenters. The second-order valence-electron chi connectivity index (χ2n) is 3.76. The Bertz CT molecular complexity index is 280. The van der Waals surface area contributed by atoms with Crippen LogP contribution in [-0.2, 0) is 4.79 Å². The molecule has 1 unspecified atom stereocenters. The van der Waals surface area contributed by atoms with Gasteiger partial charge in [0.05, 0.1) is 0 Å². The average molecular weight is 213 g/mol. The summed E-state index contributed by atoms with van der Waals surface area (Å²) in [5.74, 6) is 0.681. The summed E-state index contributed by atoms with van der Waals surface area (Å²) in [6, 6.07) is -0.0926. The third-order valence-corrected chi connectivity index (χ3v) is 4.60. The number of aliphatic imine (C=N–C) groups is 1. The second-order valence-corrected chi connectivity index (χ2v) is 4.98. The third kappa shape index (κ3) is 1.30. The molecule has 1 amide bonds. The third-order valence-electron chi connectivity index (χ3n) is 3.14. The van der Waals surface area contributed by atoms with Crippen LogP contribution >= 0.6 is 11.8 Å². The fourth-order valence-electron chi connectivity index (χ4n) is 2.05. The van der Waals surface area contributed by atoms with E-state index < -0.39 is 0 Å². The van der Waals surface area contributed by atoms with Crippen molar-refractivity contribution < 1.29 is 4.79 Å². The summed E-state index contributed by atoms with van der Waals surface area (Å²) in [5, 5.41) is 5.90. The van der Waals surface area contributed by atoms with E-state index in [4.69, 9.17) is 0 Å². The molecular formula is C9H15N3OS. The highest BCUT2D eigenvalue weighted by Crippen LogP contribution is 2.46. The van der Waals surface area contributed by atoms with Crippen molar-refractivity contribution >= 4 is 23.6 Å². The molecule has 0 aromatic rings. The van der Waals surface area contributed by atoms with Crippen molar-refractivity contribution in [2.24, 2.45) is 4.99 Å². The SMILES string of the molecule is CN=C1NC(=O)C(C2(SC)CCC2)N1. The molecule has 5 heteroatoms. The lowest BCUT2D eigenvalue weighted by atomic mass is 9.78. The molecule has 0 aromatic heterocycles. The van der Waals surface area contributed by atoms with Gasteiger partial charge in [0.15, 0.2) is 5.96 Å².